The Labute approximate surface area is 120 Å². The fourth-order valence-electron chi connectivity index (χ4n) is 1.66. The third-order valence-corrected chi connectivity index (χ3v) is 5.28. The predicted molar refractivity (Wildman–Crippen MR) is 74.1 cm³/mol. The number of sulfonamides is 1. The number of hydrogen-bond acceptors (Lipinski definition) is 4. The SMILES string of the molecule is CN(Cc1ccsc1)S(=O)(=O)c1ccc(F)c(C#N)c1. The highest BCUT2D eigenvalue weighted by Gasteiger charge is 2.22. The molecule has 0 aliphatic heterocycles. The fraction of sp³-hybridized carbons (Fsp3) is 0.154. The van der Waals surface area contributed by atoms with E-state index in [-0.39, 0.29) is 17.0 Å². The smallest absolute Gasteiger partial charge is 0.207 e. The highest BCUT2D eigenvalue weighted by Crippen LogP contribution is 2.20. The van der Waals surface area contributed by atoms with Crippen molar-refractivity contribution in [3.63, 3.8) is 0 Å². The van der Waals surface area contributed by atoms with E-state index in [4.69, 9.17) is 5.26 Å². The number of benzene rings is 1. The van der Waals surface area contributed by atoms with Gasteiger partial charge in [0.1, 0.15) is 11.9 Å². The van der Waals surface area contributed by atoms with Gasteiger partial charge >= 0.3 is 0 Å². The van der Waals surface area contributed by atoms with Crippen molar-refractivity contribution in [3.8, 4) is 6.07 Å². The lowest BCUT2D eigenvalue weighted by Gasteiger charge is -2.16. The van der Waals surface area contributed by atoms with E-state index in [0.717, 1.165) is 23.8 Å². The lowest BCUT2D eigenvalue weighted by Crippen LogP contribution is -2.26. The molecule has 7 heteroatoms. The number of nitrogens with zero attached hydrogens (tertiary/aromatic N) is 2. The molecule has 20 heavy (non-hydrogen) atoms. The van der Waals surface area contributed by atoms with Crippen LogP contribution in [0.1, 0.15) is 11.1 Å². The van der Waals surface area contributed by atoms with Crippen molar-refractivity contribution >= 4 is 21.4 Å². The van der Waals surface area contributed by atoms with E-state index in [2.05, 4.69) is 0 Å². The molecule has 1 aromatic heterocycles. The van der Waals surface area contributed by atoms with E-state index in [1.165, 1.54) is 22.7 Å². The summed E-state index contributed by atoms with van der Waals surface area (Å²) >= 11 is 1.48. The molecule has 0 N–H and O–H groups in total. The molecule has 2 rings (SSSR count). The molecule has 0 bridgehead atoms. The molecule has 0 aliphatic rings. The molecule has 1 aromatic carbocycles. The number of nitriles is 1. The Kier molecular flexibility index (Phi) is 4.18. The first kappa shape index (κ1) is 14.7. The molecule has 0 unspecified atom stereocenters. The fourth-order valence-corrected chi connectivity index (χ4v) is 3.50. The van der Waals surface area contributed by atoms with Gasteiger partial charge in [0.25, 0.3) is 0 Å². The molecule has 0 amide bonds. The lowest BCUT2D eigenvalue weighted by molar-refractivity contribution is 0.467. The van der Waals surface area contributed by atoms with Crippen molar-refractivity contribution in [2.75, 3.05) is 7.05 Å². The molecule has 104 valence electrons. The predicted octanol–water partition coefficient (Wildman–Crippen LogP) is 2.58. The Morgan fingerprint density at radius 2 is 2.15 bits per heavy atom. The van der Waals surface area contributed by atoms with Gasteiger partial charge in [-0.15, -0.1) is 0 Å². The standard InChI is InChI=1S/C13H11FN2O2S2/c1-16(8-10-4-5-19-9-10)20(17,18)12-2-3-13(14)11(6-12)7-15/h2-6,9H,8H2,1H3. The van der Waals surface area contributed by atoms with Gasteiger partial charge in [-0.1, -0.05) is 0 Å². The molecule has 1 heterocycles. The monoisotopic (exact) mass is 310 g/mol. The van der Waals surface area contributed by atoms with E-state index in [1.54, 1.807) is 6.07 Å². The van der Waals surface area contributed by atoms with Crippen LogP contribution in [0.3, 0.4) is 0 Å². The van der Waals surface area contributed by atoms with Gasteiger partial charge in [-0.05, 0) is 40.6 Å². The van der Waals surface area contributed by atoms with E-state index >= 15 is 0 Å². The van der Waals surface area contributed by atoms with Gasteiger partial charge in [0.15, 0.2) is 0 Å². The molecular weight excluding hydrogens is 299 g/mol. The second-order valence-corrected chi connectivity index (χ2v) is 6.97. The van der Waals surface area contributed by atoms with Gasteiger partial charge in [0, 0.05) is 13.6 Å². The Morgan fingerprint density at radius 1 is 1.40 bits per heavy atom. The summed E-state index contributed by atoms with van der Waals surface area (Å²) in [5, 5.41) is 12.5. The molecule has 0 atom stereocenters. The van der Waals surface area contributed by atoms with Gasteiger partial charge in [-0.25, -0.2) is 12.8 Å². The van der Waals surface area contributed by atoms with Crippen LogP contribution in [0.5, 0.6) is 0 Å². The maximum atomic E-state index is 13.2. The Balaban J connectivity index is 2.33. The summed E-state index contributed by atoms with van der Waals surface area (Å²) in [7, 11) is -2.30. The third-order valence-electron chi connectivity index (χ3n) is 2.75. The van der Waals surface area contributed by atoms with Crippen LogP contribution in [0.15, 0.2) is 39.9 Å². The van der Waals surface area contributed by atoms with Crippen LogP contribution < -0.4 is 0 Å². The Bertz CT molecular complexity index is 749. The van der Waals surface area contributed by atoms with Crippen LogP contribution in [0, 0.1) is 17.1 Å². The van der Waals surface area contributed by atoms with Gasteiger partial charge < -0.3 is 0 Å². The largest absolute Gasteiger partial charge is 0.243 e. The normalized spacial score (nSPS) is 11.5. The molecule has 4 nitrogen and oxygen atoms in total. The van der Waals surface area contributed by atoms with Gasteiger partial charge in [0.2, 0.25) is 10.0 Å². The summed E-state index contributed by atoms with van der Waals surface area (Å²) in [6, 6.07) is 6.67. The Hall–Kier alpha value is -1.75. The van der Waals surface area contributed by atoms with Crippen LogP contribution in [-0.2, 0) is 16.6 Å². The van der Waals surface area contributed by atoms with Crippen molar-refractivity contribution < 1.29 is 12.8 Å². The van der Waals surface area contributed by atoms with Crippen molar-refractivity contribution in [2.24, 2.45) is 0 Å². The lowest BCUT2D eigenvalue weighted by atomic mass is 10.2. The second kappa shape index (κ2) is 5.71. The van der Waals surface area contributed by atoms with Crippen molar-refractivity contribution in [1.29, 1.82) is 5.26 Å². The molecule has 0 fully saturated rings. The maximum absolute atomic E-state index is 13.2. The third kappa shape index (κ3) is 2.88. The topological polar surface area (TPSA) is 61.2 Å². The number of rotatable bonds is 4. The summed E-state index contributed by atoms with van der Waals surface area (Å²) in [5.41, 5.74) is 0.596. The summed E-state index contributed by atoms with van der Waals surface area (Å²) in [6.45, 7) is 0.227. The number of halogens is 1. The summed E-state index contributed by atoms with van der Waals surface area (Å²) < 4.78 is 39.1. The molecule has 0 saturated heterocycles. The average Bonchev–Trinajstić information content (AvgIpc) is 2.91. The second-order valence-electron chi connectivity index (χ2n) is 4.15. The zero-order chi connectivity index (χ0) is 14.8. The zero-order valence-corrected chi connectivity index (χ0v) is 12.2. The van der Waals surface area contributed by atoms with Crippen molar-refractivity contribution in [2.45, 2.75) is 11.4 Å². The first-order valence-electron chi connectivity index (χ1n) is 5.62. The minimum Gasteiger partial charge on any atom is -0.207 e. The first-order chi connectivity index (χ1) is 9.45. The van der Waals surface area contributed by atoms with Crippen LogP contribution in [0.4, 0.5) is 4.39 Å². The molecule has 0 radical (unpaired) electrons. The Morgan fingerprint density at radius 3 is 2.75 bits per heavy atom. The number of hydrogen-bond donors (Lipinski definition) is 0. The molecule has 0 spiro atoms. The van der Waals surface area contributed by atoms with Crippen LogP contribution in [0.25, 0.3) is 0 Å². The van der Waals surface area contributed by atoms with Crippen LogP contribution in [0.2, 0.25) is 0 Å². The highest BCUT2D eigenvalue weighted by molar-refractivity contribution is 7.89. The first-order valence-corrected chi connectivity index (χ1v) is 8.00. The van der Waals surface area contributed by atoms with E-state index in [9.17, 15) is 12.8 Å². The minimum absolute atomic E-state index is 0.0896. The average molecular weight is 310 g/mol. The minimum atomic E-state index is -3.74. The zero-order valence-electron chi connectivity index (χ0n) is 10.6. The van der Waals surface area contributed by atoms with E-state index in [1.807, 2.05) is 16.8 Å². The maximum Gasteiger partial charge on any atom is 0.243 e. The van der Waals surface area contributed by atoms with Gasteiger partial charge in [-0.3, -0.25) is 0 Å². The van der Waals surface area contributed by atoms with Crippen LogP contribution in [-0.4, -0.2) is 19.8 Å². The molecule has 0 aliphatic carbocycles. The van der Waals surface area contributed by atoms with Gasteiger partial charge in [-0.2, -0.15) is 20.9 Å². The molecule has 2 aromatic rings. The highest BCUT2D eigenvalue weighted by atomic mass is 32.2. The van der Waals surface area contributed by atoms with E-state index in [0.29, 0.717) is 0 Å². The van der Waals surface area contributed by atoms with Crippen LogP contribution >= 0.6 is 11.3 Å². The molecular formula is C13H11FN2O2S2. The van der Waals surface area contributed by atoms with E-state index < -0.39 is 15.8 Å². The summed E-state index contributed by atoms with van der Waals surface area (Å²) in [4.78, 5) is -0.0896. The quantitative estimate of drug-likeness (QED) is 0.872. The summed E-state index contributed by atoms with van der Waals surface area (Å²) in [6.07, 6.45) is 0. The summed E-state index contributed by atoms with van der Waals surface area (Å²) in [5.74, 6) is -0.730. The number of thiophene rings is 1. The van der Waals surface area contributed by atoms with Crippen molar-refractivity contribution in [1.82, 2.24) is 4.31 Å². The van der Waals surface area contributed by atoms with Crippen molar-refractivity contribution in [3.05, 3.63) is 52.0 Å². The molecule has 0 saturated carbocycles. The van der Waals surface area contributed by atoms with Gasteiger partial charge in [0.05, 0.1) is 10.5 Å².